The molecule has 2 aromatic heterocycles. The van der Waals surface area contributed by atoms with Crippen molar-refractivity contribution in [2.24, 2.45) is 0 Å². The fourth-order valence-corrected chi connectivity index (χ4v) is 1.72. The maximum absolute atomic E-state index is 5.15. The topological polar surface area (TPSA) is 67.6 Å². The molecule has 0 fully saturated rings. The number of aromatic amines is 1. The highest BCUT2D eigenvalue weighted by atomic mass is 32.2. The van der Waals surface area contributed by atoms with Crippen molar-refractivity contribution in [3.63, 3.8) is 0 Å². The van der Waals surface area contributed by atoms with E-state index < -0.39 is 0 Å². The normalized spacial score (nSPS) is 10.5. The smallest absolute Gasteiger partial charge is 0.184 e. The van der Waals surface area contributed by atoms with Crippen LogP contribution in [0.25, 0.3) is 0 Å². The molecule has 68 valence electrons. The van der Waals surface area contributed by atoms with Gasteiger partial charge in [-0.05, 0) is 13.0 Å². The summed E-state index contributed by atoms with van der Waals surface area (Å²) in [5.41, 5.74) is 0. The maximum Gasteiger partial charge on any atom is 0.184 e. The van der Waals surface area contributed by atoms with Crippen LogP contribution in [0.15, 0.2) is 21.6 Å². The van der Waals surface area contributed by atoms with Gasteiger partial charge in [0.2, 0.25) is 0 Å². The zero-order chi connectivity index (χ0) is 9.10. The van der Waals surface area contributed by atoms with E-state index in [1.54, 1.807) is 18.0 Å². The van der Waals surface area contributed by atoms with E-state index in [9.17, 15) is 0 Å². The molecule has 2 aromatic rings. The Hall–Kier alpha value is -1.30. The minimum atomic E-state index is 0.700. The highest BCUT2D eigenvalue weighted by Gasteiger charge is 2.04. The third kappa shape index (κ3) is 1.89. The molecule has 0 saturated heterocycles. The molecule has 0 aromatic carbocycles. The quantitative estimate of drug-likeness (QED) is 0.751. The Bertz CT molecular complexity index is 370. The molecule has 0 radical (unpaired) electrons. The zero-order valence-corrected chi connectivity index (χ0v) is 7.84. The van der Waals surface area contributed by atoms with Crippen LogP contribution in [-0.2, 0) is 5.75 Å². The second-order valence-electron chi connectivity index (χ2n) is 2.46. The zero-order valence-electron chi connectivity index (χ0n) is 7.02. The first-order valence-electron chi connectivity index (χ1n) is 3.75. The lowest BCUT2D eigenvalue weighted by molar-refractivity contribution is 0.527. The molecule has 0 aliphatic carbocycles. The maximum atomic E-state index is 5.15. The summed E-state index contributed by atoms with van der Waals surface area (Å²) in [5.74, 6) is 2.33. The molecular formula is C7H8N4OS. The van der Waals surface area contributed by atoms with E-state index in [2.05, 4.69) is 20.6 Å². The lowest BCUT2D eigenvalue weighted by Gasteiger charge is -1.93. The van der Waals surface area contributed by atoms with Crippen molar-refractivity contribution in [2.75, 3.05) is 0 Å². The van der Waals surface area contributed by atoms with E-state index in [1.165, 1.54) is 0 Å². The van der Waals surface area contributed by atoms with Crippen molar-refractivity contribution in [2.45, 2.75) is 17.6 Å². The molecule has 0 amide bonds. The first-order chi connectivity index (χ1) is 6.36. The monoisotopic (exact) mass is 196 g/mol. The van der Waals surface area contributed by atoms with E-state index >= 15 is 0 Å². The van der Waals surface area contributed by atoms with E-state index in [1.807, 2.05) is 13.0 Å². The van der Waals surface area contributed by atoms with Crippen LogP contribution in [-0.4, -0.2) is 20.6 Å². The summed E-state index contributed by atoms with van der Waals surface area (Å²) >= 11 is 1.63. The van der Waals surface area contributed by atoms with E-state index in [4.69, 9.17) is 4.42 Å². The van der Waals surface area contributed by atoms with E-state index in [0.717, 1.165) is 10.7 Å². The summed E-state index contributed by atoms with van der Waals surface area (Å²) in [4.78, 5) is 1.12. The molecule has 5 nitrogen and oxygen atoms in total. The fourth-order valence-electron chi connectivity index (χ4n) is 0.909. The van der Waals surface area contributed by atoms with Crippen molar-refractivity contribution in [1.29, 1.82) is 0 Å². The summed E-state index contributed by atoms with van der Waals surface area (Å²) in [6.07, 6.45) is 1.67. The van der Waals surface area contributed by atoms with Gasteiger partial charge in [-0.1, -0.05) is 5.21 Å². The third-order valence-corrected chi connectivity index (χ3v) is 2.69. The standard InChI is InChI=1S/C7H8N4OS/c1-5-6(2-3-12-5)13-4-7-8-10-11-9-7/h2-3H,4H2,1H3,(H,8,9,10,11). The number of furan rings is 1. The van der Waals surface area contributed by atoms with E-state index in [0.29, 0.717) is 11.6 Å². The summed E-state index contributed by atoms with van der Waals surface area (Å²) in [5, 5.41) is 13.6. The van der Waals surface area contributed by atoms with Gasteiger partial charge in [-0.15, -0.1) is 22.0 Å². The Balaban J connectivity index is 1.97. The molecule has 0 unspecified atom stereocenters. The van der Waals surface area contributed by atoms with Crippen LogP contribution in [0, 0.1) is 6.92 Å². The SMILES string of the molecule is Cc1occc1SCc1nn[nH]n1. The number of aromatic nitrogens is 4. The number of rotatable bonds is 3. The molecule has 0 saturated carbocycles. The van der Waals surface area contributed by atoms with Gasteiger partial charge in [0.1, 0.15) is 5.76 Å². The summed E-state index contributed by atoms with van der Waals surface area (Å²) in [6.45, 7) is 1.93. The highest BCUT2D eigenvalue weighted by molar-refractivity contribution is 7.98. The molecule has 0 bridgehead atoms. The van der Waals surface area contributed by atoms with Crippen LogP contribution >= 0.6 is 11.8 Å². The second kappa shape index (κ2) is 3.61. The van der Waals surface area contributed by atoms with Crippen molar-refractivity contribution in [1.82, 2.24) is 20.6 Å². The van der Waals surface area contributed by atoms with Gasteiger partial charge in [-0.3, -0.25) is 0 Å². The number of aryl methyl sites for hydroxylation is 1. The van der Waals surface area contributed by atoms with Gasteiger partial charge in [0.05, 0.1) is 12.0 Å². The van der Waals surface area contributed by atoms with Crippen LogP contribution in [0.5, 0.6) is 0 Å². The van der Waals surface area contributed by atoms with Gasteiger partial charge < -0.3 is 4.42 Å². The van der Waals surface area contributed by atoms with Gasteiger partial charge >= 0.3 is 0 Å². The molecule has 0 atom stereocenters. The van der Waals surface area contributed by atoms with Crippen molar-refractivity contribution in [3.05, 3.63) is 23.9 Å². The van der Waals surface area contributed by atoms with Crippen molar-refractivity contribution in [3.8, 4) is 0 Å². The molecule has 1 N–H and O–H groups in total. The number of hydrogen-bond donors (Lipinski definition) is 1. The van der Waals surface area contributed by atoms with Crippen LogP contribution < -0.4 is 0 Å². The third-order valence-electron chi connectivity index (χ3n) is 1.56. The van der Waals surface area contributed by atoms with Gasteiger partial charge in [0.25, 0.3) is 0 Å². The molecule has 0 aliphatic heterocycles. The molecular weight excluding hydrogens is 188 g/mol. The van der Waals surface area contributed by atoms with Crippen LogP contribution in [0.4, 0.5) is 0 Å². The lowest BCUT2D eigenvalue weighted by Crippen LogP contribution is -1.83. The van der Waals surface area contributed by atoms with Crippen molar-refractivity contribution >= 4 is 11.8 Å². The number of hydrogen-bond acceptors (Lipinski definition) is 5. The average Bonchev–Trinajstić information content (AvgIpc) is 2.72. The van der Waals surface area contributed by atoms with Crippen LogP contribution in [0.2, 0.25) is 0 Å². The average molecular weight is 196 g/mol. The number of H-pyrrole nitrogens is 1. The minimum Gasteiger partial charge on any atom is -0.468 e. The molecule has 13 heavy (non-hydrogen) atoms. The summed E-state index contributed by atoms with van der Waals surface area (Å²) in [6, 6.07) is 1.93. The first-order valence-corrected chi connectivity index (χ1v) is 4.74. The fraction of sp³-hybridized carbons (Fsp3) is 0.286. The number of tetrazole rings is 1. The van der Waals surface area contributed by atoms with Crippen LogP contribution in [0.1, 0.15) is 11.6 Å². The first kappa shape index (κ1) is 8.31. The highest BCUT2D eigenvalue weighted by Crippen LogP contribution is 2.24. The van der Waals surface area contributed by atoms with E-state index in [-0.39, 0.29) is 0 Å². The Morgan fingerprint density at radius 1 is 1.62 bits per heavy atom. The van der Waals surface area contributed by atoms with Crippen molar-refractivity contribution < 1.29 is 4.42 Å². The Kier molecular flexibility index (Phi) is 2.31. The van der Waals surface area contributed by atoms with Gasteiger partial charge in [-0.25, -0.2) is 0 Å². The molecule has 6 heteroatoms. The summed E-state index contributed by atoms with van der Waals surface area (Å²) in [7, 11) is 0. The Labute approximate surface area is 78.9 Å². The number of thioether (sulfide) groups is 1. The minimum absolute atomic E-state index is 0.700. The molecule has 0 aliphatic rings. The molecule has 0 spiro atoms. The predicted molar refractivity (Wildman–Crippen MR) is 47.2 cm³/mol. The van der Waals surface area contributed by atoms with Crippen LogP contribution in [0.3, 0.4) is 0 Å². The molecule has 2 heterocycles. The number of nitrogens with zero attached hydrogens (tertiary/aromatic N) is 3. The largest absolute Gasteiger partial charge is 0.468 e. The number of nitrogens with one attached hydrogen (secondary N) is 1. The Morgan fingerprint density at radius 2 is 2.54 bits per heavy atom. The summed E-state index contributed by atoms with van der Waals surface area (Å²) < 4.78 is 5.15. The second-order valence-corrected chi connectivity index (χ2v) is 3.47. The molecule has 2 rings (SSSR count). The Morgan fingerprint density at radius 3 is 3.15 bits per heavy atom. The lowest BCUT2D eigenvalue weighted by atomic mass is 10.5. The van der Waals surface area contributed by atoms with Gasteiger partial charge in [-0.2, -0.15) is 5.21 Å². The van der Waals surface area contributed by atoms with Gasteiger partial charge in [0, 0.05) is 4.90 Å². The predicted octanol–water partition coefficient (Wildman–Crippen LogP) is 1.39. The van der Waals surface area contributed by atoms with Gasteiger partial charge in [0.15, 0.2) is 5.82 Å².